The van der Waals surface area contributed by atoms with Gasteiger partial charge in [0.2, 0.25) is 0 Å². The van der Waals surface area contributed by atoms with Gasteiger partial charge in [-0.2, -0.15) is 0 Å². The first-order valence-corrected chi connectivity index (χ1v) is 4.65. The van der Waals surface area contributed by atoms with E-state index < -0.39 is 0 Å². The van der Waals surface area contributed by atoms with Gasteiger partial charge in [0.25, 0.3) is 0 Å². The number of halogens is 1. The van der Waals surface area contributed by atoms with Crippen molar-refractivity contribution in [2.24, 2.45) is 0 Å². The first kappa shape index (κ1) is 10.1. The Bertz CT molecular complexity index is 345. The molecule has 0 saturated heterocycles. The van der Waals surface area contributed by atoms with Crippen LogP contribution in [0.5, 0.6) is 0 Å². The zero-order valence-electron chi connectivity index (χ0n) is 7.21. The van der Waals surface area contributed by atoms with Crippen LogP contribution in [0.15, 0.2) is 22.7 Å². The molecule has 0 aliphatic carbocycles. The number of benzene rings is 1. The molecule has 1 aromatic carbocycles. The van der Waals surface area contributed by atoms with Crippen molar-refractivity contribution in [3.05, 3.63) is 33.8 Å². The number of carbonyl (C=O) groups is 2. The van der Waals surface area contributed by atoms with E-state index in [-0.39, 0.29) is 5.78 Å². The monoisotopic (exact) mass is 240 g/mol. The van der Waals surface area contributed by atoms with Gasteiger partial charge in [-0.15, -0.1) is 0 Å². The molecular formula is C10H9BrO2. The second-order valence-electron chi connectivity index (χ2n) is 2.89. The number of Topliss-reactive ketones (excluding diaryl/α,β-unsaturated/α-hetero) is 1. The maximum absolute atomic E-state index is 10.8. The van der Waals surface area contributed by atoms with Crippen LogP contribution >= 0.6 is 15.9 Å². The van der Waals surface area contributed by atoms with E-state index in [0.717, 1.165) is 16.3 Å². The summed E-state index contributed by atoms with van der Waals surface area (Å²) in [6.07, 6.45) is 1.15. The number of carbonyl (C=O) groups excluding carboxylic acids is 2. The summed E-state index contributed by atoms with van der Waals surface area (Å²) in [6, 6.07) is 5.28. The zero-order chi connectivity index (χ0) is 9.84. The van der Waals surface area contributed by atoms with Gasteiger partial charge in [0.15, 0.2) is 0 Å². The number of ketones is 1. The SMILES string of the molecule is CC(=O)Cc1cc(Br)cc(C=O)c1. The van der Waals surface area contributed by atoms with Crippen LogP contribution in [0.1, 0.15) is 22.8 Å². The molecule has 13 heavy (non-hydrogen) atoms. The van der Waals surface area contributed by atoms with E-state index in [1.54, 1.807) is 12.1 Å². The van der Waals surface area contributed by atoms with Crippen molar-refractivity contribution in [2.45, 2.75) is 13.3 Å². The second kappa shape index (κ2) is 4.33. The highest BCUT2D eigenvalue weighted by molar-refractivity contribution is 9.10. The molecule has 0 spiro atoms. The molecule has 0 radical (unpaired) electrons. The van der Waals surface area contributed by atoms with Crippen LogP contribution in [0.4, 0.5) is 0 Å². The molecule has 0 N–H and O–H groups in total. The highest BCUT2D eigenvalue weighted by Crippen LogP contribution is 2.15. The number of hydrogen-bond acceptors (Lipinski definition) is 2. The van der Waals surface area contributed by atoms with Crippen molar-refractivity contribution in [2.75, 3.05) is 0 Å². The van der Waals surface area contributed by atoms with Crippen molar-refractivity contribution >= 4 is 28.0 Å². The van der Waals surface area contributed by atoms with E-state index in [9.17, 15) is 9.59 Å². The first-order chi connectivity index (χ1) is 6.11. The number of hydrogen-bond donors (Lipinski definition) is 0. The van der Waals surface area contributed by atoms with E-state index in [1.807, 2.05) is 6.07 Å². The Morgan fingerprint density at radius 1 is 1.46 bits per heavy atom. The summed E-state index contributed by atoms with van der Waals surface area (Å²) in [6.45, 7) is 1.53. The first-order valence-electron chi connectivity index (χ1n) is 3.86. The van der Waals surface area contributed by atoms with E-state index in [0.29, 0.717) is 12.0 Å². The molecule has 68 valence electrons. The third kappa shape index (κ3) is 3.11. The second-order valence-corrected chi connectivity index (χ2v) is 3.81. The Morgan fingerprint density at radius 2 is 2.15 bits per heavy atom. The molecule has 1 aromatic rings. The lowest BCUT2D eigenvalue weighted by molar-refractivity contribution is -0.116. The fourth-order valence-electron chi connectivity index (χ4n) is 1.13. The van der Waals surface area contributed by atoms with Gasteiger partial charge < -0.3 is 0 Å². The molecule has 0 fully saturated rings. The maximum Gasteiger partial charge on any atom is 0.150 e. The molecule has 0 aliphatic heterocycles. The average molecular weight is 241 g/mol. The minimum atomic E-state index is 0.0925. The quantitative estimate of drug-likeness (QED) is 0.761. The Hall–Kier alpha value is -0.960. The van der Waals surface area contributed by atoms with Crippen LogP contribution in [0.25, 0.3) is 0 Å². The summed E-state index contributed by atoms with van der Waals surface area (Å²) < 4.78 is 0.827. The van der Waals surface area contributed by atoms with Crippen LogP contribution in [0, 0.1) is 0 Å². The molecule has 2 nitrogen and oxygen atoms in total. The van der Waals surface area contributed by atoms with E-state index >= 15 is 0 Å². The van der Waals surface area contributed by atoms with Crippen LogP contribution in [0.2, 0.25) is 0 Å². The van der Waals surface area contributed by atoms with Gasteiger partial charge in [-0.05, 0) is 30.7 Å². The lowest BCUT2D eigenvalue weighted by atomic mass is 10.1. The summed E-state index contributed by atoms with van der Waals surface area (Å²) >= 11 is 3.27. The normalized spacial score (nSPS) is 9.69. The molecule has 0 aromatic heterocycles. The minimum absolute atomic E-state index is 0.0925. The molecule has 0 saturated carbocycles. The third-order valence-corrected chi connectivity index (χ3v) is 2.03. The largest absolute Gasteiger partial charge is 0.300 e. The van der Waals surface area contributed by atoms with Gasteiger partial charge in [-0.25, -0.2) is 0 Å². The van der Waals surface area contributed by atoms with Crippen LogP contribution in [-0.2, 0) is 11.2 Å². The molecule has 1 rings (SSSR count). The smallest absolute Gasteiger partial charge is 0.150 e. The highest BCUT2D eigenvalue weighted by Gasteiger charge is 2.01. The molecule has 0 atom stereocenters. The minimum Gasteiger partial charge on any atom is -0.300 e. The summed E-state index contributed by atoms with van der Waals surface area (Å²) in [5.41, 5.74) is 1.45. The Kier molecular flexibility index (Phi) is 3.37. The maximum atomic E-state index is 10.8. The lowest BCUT2D eigenvalue weighted by Gasteiger charge is -2.00. The van der Waals surface area contributed by atoms with Crippen molar-refractivity contribution in [1.82, 2.24) is 0 Å². The van der Waals surface area contributed by atoms with Crippen molar-refractivity contribution < 1.29 is 9.59 Å². The van der Waals surface area contributed by atoms with Gasteiger partial charge >= 0.3 is 0 Å². The number of rotatable bonds is 3. The van der Waals surface area contributed by atoms with Gasteiger partial charge in [0.1, 0.15) is 12.1 Å². The molecule has 3 heteroatoms. The van der Waals surface area contributed by atoms with E-state index in [2.05, 4.69) is 15.9 Å². The lowest BCUT2D eigenvalue weighted by Crippen LogP contribution is -1.97. The summed E-state index contributed by atoms with van der Waals surface area (Å²) in [7, 11) is 0. The van der Waals surface area contributed by atoms with Gasteiger partial charge in [0, 0.05) is 16.5 Å². The third-order valence-electron chi connectivity index (χ3n) is 1.57. The molecular weight excluding hydrogens is 232 g/mol. The Labute approximate surface area is 85.1 Å². The fourth-order valence-corrected chi connectivity index (χ4v) is 1.69. The van der Waals surface area contributed by atoms with E-state index in [1.165, 1.54) is 6.92 Å². The van der Waals surface area contributed by atoms with Gasteiger partial charge in [0.05, 0.1) is 0 Å². The summed E-state index contributed by atoms with van der Waals surface area (Å²) in [5.74, 6) is 0.0925. The van der Waals surface area contributed by atoms with Crippen LogP contribution < -0.4 is 0 Å². The van der Waals surface area contributed by atoms with Gasteiger partial charge in [-0.1, -0.05) is 15.9 Å². The van der Waals surface area contributed by atoms with Crippen molar-refractivity contribution in [3.63, 3.8) is 0 Å². The van der Waals surface area contributed by atoms with Gasteiger partial charge in [-0.3, -0.25) is 9.59 Å². The molecule has 0 aliphatic rings. The van der Waals surface area contributed by atoms with Crippen LogP contribution in [0.3, 0.4) is 0 Å². The van der Waals surface area contributed by atoms with E-state index in [4.69, 9.17) is 0 Å². The Balaban J connectivity index is 3.01. The number of aldehydes is 1. The Morgan fingerprint density at radius 3 is 2.69 bits per heavy atom. The zero-order valence-corrected chi connectivity index (χ0v) is 8.80. The molecule has 0 unspecified atom stereocenters. The fraction of sp³-hybridized carbons (Fsp3) is 0.200. The van der Waals surface area contributed by atoms with Crippen molar-refractivity contribution in [1.29, 1.82) is 0 Å². The summed E-state index contributed by atoms with van der Waals surface area (Å²) in [5, 5.41) is 0. The highest BCUT2D eigenvalue weighted by atomic mass is 79.9. The predicted octanol–water partition coefficient (Wildman–Crippen LogP) is 2.39. The molecule has 0 bridgehead atoms. The topological polar surface area (TPSA) is 34.1 Å². The molecule has 0 amide bonds. The average Bonchev–Trinajstić information content (AvgIpc) is 2.01. The van der Waals surface area contributed by atoms with Crippen molar-refractivity contribution in [3.8, 4) is 0 Å². The standard InChI is InChI=1S/C10H9BrO2/c1-7(13)2-8-3-9(6-12)5-10(11)4-8/h3-6H,2H2,1H3. The van der Waals surface area contributed by atoms with Crippen LogP contribution in [-0.4, -0.2) is 12.1 Å². The molecule has 0 heterocycles. The predicted molar refractivity (Wildman–Crippen MR) is 53.9 cm³/mol. The summed E-state index contributed by atoms with van der Waals surface area (Å²) in [4.78, 5) is 21.3.